The first-order valence-electron chi connectivity index (χ1n) is 11.1. The zero-order valence-corrected chi connectivity index (χ0v) is 19.4. The van der Waals surface area contributed by atoms with Crippen molar-refractivity contribution < 1.29 is 19.2 Å². The van der Waals surface area contributed by atoms with Crippen molar-refractivity contribution >= 4 is 34.7 Å². The Morgan fingerprint density at radius 1 is 1.11 bits per heavy atom. The largest absolute Gasteiger partial charge is 0.492 e. The molecule has 2 spiro atoms. The molecular weight excluding hydrogens is 470 g/mol. The number of nitro benzene ring substituents is 1. The minimum atomic E-state index is -1.38. The van der Waals surface area contributed by atoms with Crippen LogP contribution in [-0.4, -0.2) is 41.7 Å². The fraction of sp³-hybridized carbons (Fsp3) is 0.231. The number of nitrogens with zero attached hydrogens (tertiary/aromatic N) is 2. The van der Waals surface area contributed by atoms with Crippen LogP contribution >= 0.6 is 11.6 Å². The monoisotopic (exact) mass is 489 g/mol. The number of ketones is 1. The summed E-state index contributed by atoms with van der Waals surface area (Å²) >= 11 is 6.10. The van der Waals surface area contributed by atoms with E-state index in [1.54, 1.807) is 30.3 Å². The predicted octanol–water partition coefficient (Wildman–Crippen LogP) is 4.39. The molecule has 0 aliphatic carbocycles. The molecular formula is C26H20ClN3O5. The SMILES string of the molecule is CN1CC(c2ccc(Cl)c([N+](=O)[O-])c2)C2(COc3ccccc3C2=O)C12C(=O)Nc1ccccc12. The number of anilines is 1. The number of halogens is 1. The standard InChI is InChI=1S/C26H20ClN3O5/c1-29-13-18(15-10-11-19(27)21(12-15)30(33)34)25(14-35-22-9-5-2-6-16(22)23(25)31)26(29)17-7-3-4-8-20(17)28-24(26)32/h2-12,18H,13-14H2,1H3,(H,28,32). The van der Waals surface area contributed by atoms with Crippen molar-refractivity contribution in [1.82, 2.24) is 4.90 Å². The molecule has 8 nitrogen and oxygen atoms in total. The number of carbonyl (C=O) groups is 2. The Morgan fingerprint density at radius 2 is 1.86 bits per heavy atom. The maximum atomic E-state index is 14.5. The molecule has 3 atom stereocenters. The van der Waals surface area contributed by atoms with Gasteiger partial charge in [-0.25, -0.2) is 0 Å². The highest BCUT2D eigenvalue weighted by molar-refractivity contribution is 6.32. The number of nitro groups is 1. The summed E-state index contributed by atoms with van der Waals surface area (Å²) < 4.78 is 6.20. The molecule has 0 bridgehead atoms. The van der Waals surface area contributed by atoms with Crippen molar-refractivity contribution in [3.63, 3.8) is 0 Å². The van der Waals surface area contributed by atoms with Crippen molar-refractivity contribution in [3.05, 3.63) is 98.6 Å². The molecule has 6 rings (SSSR count). The van der Waals surface area contributed by atoms with Gasteiger partial charge in [0.15, 0.2) is 5.78 Å². The molecule has 3 aromatic rings. The molecule has 176 valence electrons. The number of ether oxygens (including phenoxy) is 1. The van der Waals surface area contributed by atoms with Gasteiger partial charge in [0.25, 0.3) is 11.6 Å². The Bertz CT molecular complexity index is 1440. The lowest BCUT2D eigenvalue weighted by Crippen LogP contribution is -2.62. The van der Waals surface area contributed by atoms with E-state index in [2.05, 4.69) is 5.32 Å². The summed E-state index contributed by atoms with van der Waals surface area (Å²) in [7, 11) is 1.81. The summed E-state index contributed by atoms with van der Waals surface area (Å²) in [6.45, 7) is 0.244. The number of carbonyl (C=O) groups excluding carboxylic acids is 2. The number of rotatable bonds is 2. The van der Waals surface area contributed by atoms with Crippen LogP contribution in [0.25, 0.3) is 0 Å². The summed E-state index contributed by atoms with van der Waals surface area (Å²) in [5.41, 5.74) is -0.726. The lowest BCUT2D eigenvalue weighted by Gasteiger charge is -2.47. The molecule has 1 N–H and O–H groups in total. The smallest absolute Gasteiger partial charge is 0.288 e. The second-order valence-electron chi connectivity index (χ2n) is 9.20. The van der Waals surface area contributed by atoms with Crippen LogP contribution in [0.3, 0.4) is 0 Å². The van der Waals surface area contributed by atoms with Crippen LogP contribution in [-0.2, 0) is 10.3 Å². The maximum Gasteiger partial charge on any atom is 0.288 e. The van der Waals surface area contributed by atoms with Crippen LogP contribution in [0.15, 0.2) is 66.7 Å². The van der Waals surface area contributed by atoms with E-state index in [1.807, 2.05) is 36.2 Å². The number of fused-ring (bicyclic) bond motifs is 4. The van der Waals surface area contributed by atoms with Crippen molar-refractivity contribution in [2.45, 2.75) is 11.5 Å². The second kappa shape index (κ2) is 7.37. The fourth-order valence-corrected chi connectivity index (χ4v) is 6.49. The first-order chi connectivity index (χ1) is 16.8. The Hall–Kier alpha value is -3.75. The van der Waals surface area contributed by atoms with E-state index in [9.17, 15) is 19.7 Å². The van der Waals surface area contributed by atoms with E-state index >= 15 is 0 Å². The first kappa shape index (κ1) is 21.8. The highest BCUT2D eigenvalue weighted by Gasteiger charge is 2.75. The Balaban J connectivity index is 1.66. The third kappa shape index (κ3) is 2.61. The topological polar surface area (TPSA) is 102 Å². The molecule has 3 unspecified atom stereocenters. The van der Waals surface area contributed by atoms with Crippen molar-refractivity contribution in [2.24, 2.45) is 5.41 Å². The van der Waals surface area contributed by atoms with Crippen LogP contribution in [0.5, 0.6) is 5.75 Å². The number of para-hydroxylation sites is 2. The van der Waals surface area contributed by atoms with Gasteiger partial charge in [-0.2, -0.15) is 0 Å². The zero-order valence-electron chi connectivity index (χ0n) is 18.7. The number of hydrogen-bond donors (Lipinski definition) is 1. The van der Waals surface area contributed by atoms with Crippen LogP contribution in [0.1, 0.15) is 27.4 Å². The zero-order chi connectivity index (χ0) is 24.5. The minimum absolute atomic E-state index is 0.00869. The van der Waals surface area contributed by atoms with E-state index in [4.69, 9.17) is 16.3 Å². The highest BCUT2D eigenvalue weighted by Crippen LogP contribution is 2.64. The third-order valence-corrected chi connectivity index (χ3v) is 8.04. The van der Waals surface area contributed by atoms with E-state index in [-0.39, 0.29) is 29.0 Å². The molecule has 3 aromatic carbocycles. The van der Waals surface area contributed by atoms with Gasteiger partial charge in [0.05, 0.1) is 10.5 Å². The highest BCUT2D eigenvalue weighted by atomic mass is 35.5. The number of Topliss-reactive ketones (excluding diaryl/α,β-unsaturated/α-hetero) is 1. The summed E-state index contributed by atoms with van der Waals surface area (Å²) in [4.78, 5) is 41.4. The normalized spacial score (nSPS) is 27.0. The van der Waals surface area contributed by atoms with E-state index < -0.39 is 21.8 Å². The van der Waals surface area contributed by atoms with Gasteiger partial charge in [-0.3, -0.25) is 24.6 Å². The van der Waals surface area contributed by atoms with Crippen molar-refractivity contribution in [1.29, 1.82) is 0 Å². The third-order valence-electron chi connectivity index (χ3n) is 7.72. The Kier molecular flexibility index (Phi) is 4.58. The van der Waals surface area contributed by atoms with Gasteiger partial charge in [0.2, 0.25) is 0 Å². The Morgan fingerprint density at radius 3 is 2.66 bits per heavy atom. The molecule has 1 amide bonds. The van der Waals surface area contributed by atoms with Gasteiger partial charge < -0.3 is 10.1 Å². The number of likely N-dealkylation sites (N-methyl/N-ethyl adjacent to an activating group) is 1. The van der Waals surface area contributed by atoms with E-state index in [0.29, 0.717) is 34.7 Å². The molecule has 0 aromatic heterocycles. The van der Waals surface area contributed by atoms with Gasteiger partial charge in [0, 0.05) is 29.8 Å². The number of nitrogens with one attached hydrogen (secondary N) is 1. The fourth-order valence-electron chi connectivity index (χ4n) is 6.31. The predicted molar refractivity (Wildman–Crippen MR) is 129 cm³/mol. The van der Waals surface area contributed by atoms with Gasteiger partial charge in [-0.05, 0) is 36.9 Å². The minimum Gasteiger partial charge on any atom is -0.492 e. The summed E-state index contributed by atoms with van der Waals surface area (Å²) in [6, 6.07) is 18.9. The summed E-state index contributed by atoms with van der Waals surface area (Å²) in [5, 5.41) is 14.6. The molecule has 1 fully saturated rings. The molecule has 3 aliphatic heterocycles. The van der Waals surface area contributed by atoms with Crippen molar-refractivity contribution in [3.8, 4) is 5.75 Å². The summed E-state index contributed by atoms with van der Waals surface area (Å²) in [5.74, 6) is -0.664. The molecule has 0 radical (unpaired) electrons. The molecule has 3 heterocycles. The average molecular weight is 490 g/mol. The number of hydrogen-bond acceptors (Lipinski definition) is 6. The summed E-state index contributed by atoms with van der Waals surface area (Å²) in [6.07, 6.45) is 0. The van der Waals surface area contributed by atoms with Gasteiger partial charge in [0.1, 0.15) is 28.3 Å². The van der Waals surface area contributed by atoms with Gasteiger partial charge in [-0.1, -0.05) is 48.0 Å². The number of likely N-dealkylation sites (tertiary alicyclic amines) is 1. The molecule has 1 saturated heterocycles. The lowest BCUT2D eigenvalue weighted by molar-refractivity contribution is -0.384. The number of amides is 1. The quantitative estimate of drug-likeness (QED) is 0.423. The van der Waals surface area contributed by atoms with Gasteiger partial charge in [-0.15, -0.1) is 0 Å². The Labute approximate surface area is 205 Å². The second-order valence-corrected chi connectivity index (χ2v) is 9.60. The first-order valence-corrected chi connectivity index (χ1v) is 11.5. The average Bonchev–Trinajstić information content (AvgIpc) is 3.30. The maximum absolute atomic E-state index is 14.5. The van der Waals surface area contributed by atoms with E-state index in [0.717, 1.165) is 0 Å². The van der Waals surface area contributed by atoms with E-state index in [1.165, 1.54) is 12.1 Å². The molecule has 3 aliphatic rings. The number of benzene rings is 3. The van der Waals surface area contributed by atoms with Crippen LogP contribution < -0.4 is 10.1 Å². The van der Waals surface area contributed by atoms with Crippen LogP contribution in [0.4, 0.5) is 11.4 Å². The lowest BCUT2D eigenvalue weighted by atomic mass is 9.57. The van der Waals surface area contributed by atoms with Crippen LogP contribution in [0.2, 0.25) is 5.02 Å². The molecule has 9 heteroatoms. The molecule has 0 saturated carbocycles. The van der Waals surface area contributed by atoms with Gasteiger partial charge >= 0.3 is 0 Å². The van der Waals surface area contributed by atoms with Crippen LogP contribution in [0, 0.1) is 15.5 Å². The molecule has 35 heavy (non-hydrogen) atoms. The van der Waals surface area contributed by atoms with Crippen molar-refractivity contribution in [2.75, 3.05) is 25.5 Å².